The summed E-state index contributed by atoms with van der Waals surface area (Å²) in [6, 6.07) is 8.08. The topological polar surface area (TPSA) is 42.0 Å². The standard InChI is InChI=1S/C17H26N2O3/c1-3-5-12-22-17(20)19(4-2)16-8-6-15(7-9-16)18-10-13-21-14-11-18/h6-9H,3-5,10-14H2,1-2H3. The molecular formula is C17H26N2O3. The highest BCUT2D eigenvalue weighted by Crippen LogP contribution is 2.22. The molecule has 22 heavy (non-hydrogen) atoms. The number of benzene rings is 1. The number of anilines is 2. The van der Waals surface area contributed by atoms with E-state index >= 15 is 0 Å². The fraction of sp³-hybridized carbons (Fsp3) is 0.588. The van der Waals surface area contributed by atoms with Crippen LogP contribution in [0.4, 0.5) is 16.2 Å². The van der Waals surface area contributed by atoms with Crippen molar-refractivity contribution in [3.05, 3.63) is 24.3 Å². The molecule has 1 saturated heterocycles. The van der Waals surface area contributed by atoms with Crippen molar-refractivity contribution in [1.29, 1.82) is 0 Å². The number of amides is 1. The highest BCUT2D eigenvalue weighted by Gasteiger charge is 2.16. The molecule has 0 aromatic heterocycles. The Morgan fingerprint density at radius 3 is 2.50 bits per heavy atom. The largest absolute Gasteiger partial charge is 0.449 e. The van der Waals surface area contributed by atoms with E-state index in [1.54, 1.807) is 4.90 Å². The molecule has 0 atom stereocenters. The second kappa shape index (κ2) is 8.63. The number of morpholine rings is 1. The van der Waals surface area contributed by atoms with Crippen LogP contribution >= 0.6 is 0 Å². The van der Waals surface area contributed by atoms with Crippen LogP contribution in [0.3, 0.4) is 0 Å². The van der Waals surface area contributed by atoms with Crippen molar-refractivity contribution in [2.24, 2.45) is 0 Å². The lowest BCUT2D eigenvalue weighted by atomic mass is 10.2. The van der Waals surface area contributed by atoms with Crippen molar-refractivity contribution in [1.82, 2.24) is 0 Å². The van der Waals surface area contributed by atoms with Crippen LogP contribution in [0.15, 0.2) is 24.3 Å². The fourth-order valence-electron chi connectivity index (χ4n) is 2.46. The third kappa shape index (κ3) is 4.37. The Kier molecular flexibility index (Phi) is 6.52. The second-order valence-electron chi connectivity index (χ2n) is 5.33. The zero-order valence-corrected chi connectivity index (χ0v) is 13.6. The highest BCUT2D eigenvalue weighted by molar-refractivity contribution is 5.87. The average Bonchev–Trinajstić information content (AvgIpc) is 2.57. The summed E-state index contributed by atoms with van der Waals surface area (Å²) >= 11 is 0. The summed E-state index contributed by atoms with van der Waals surface area (Å²) in [6.07, 6.45) is 1.66. The zero-order chi connectivity index (χ0) is 15.8. The Labute approximate surface area is 132 Å². The van der Waals surface area contributed by atoms with Gasteiger partial charge in [-0.1, -0.05) is 13.3 Å². The minimum atomic E-state index is -0.268. The molecule has 2 rings (SSSR count). The highest BCUT2D eigenvalue weighted by atomic mass is 16.6. The van der Waals surface area contributed by atoms with E-state index in [0.29, 0.717) is 13.2 Å². The first-order valence-electron chi connectivity index (χ1n) is 8.13. The summed E-state index contributed by atoms with van der Waals surface area (Å²) in [5.74, 6) is 0. The Morgan fingerprint density at radius 2 is 1.91 bits per heavy atom. The molecule has 122 valence electrons. The molecule has 0 saturated carbocycles. The van der Waals surface area contributed by atoms with E-state index in [2.05, 4.69) is 24.0 Å². The van der Waals surface area contributed by atoms with E-state index in [-0.39, 0.29) is 6.09 Å². The van der Waals surface area contributed by atoms with Crippen molar-refractivity contribution < 1.29 is 14.3 Å². The Bertz CT molecular complexity index is 455. The lowest BCUT2D eigenvalue weighted by Gasteiger charge is -2.29. The van der Waals surface area contributed by atoms with Gasteiger partial charge in [-0.3, -0.25) is 4.90 Å². The van der Waals surface area contributed by atoms with Gasteiger partial charge in [-0.25, -0.2) is 4.79 Å². The SMILES string of the molecule is CCCCOC(=O)N(CC)c1ccc(N2CCOCC2)cc1. The quantitative estimate of drug-likeness (QED) is 0.756. The van der Waals surface area contributed by atoms with Gasteiger partial charge < -0.3 is 14.4 Å². The van der Waals surface area contributed by atoms with Gasteiger partial charge in [-0.05, 0) is 37.6 Å². The number of ether oxygens (including phenoxy) is 2. The molecule has 1 aromatic carbocycles. The molecule has 0 radical (unpaired) electrons. The number of hydrogen-bond donors (Lipinski definition) is 0. The number of unbranched alkanes of at least 4 members (excludes halogenated alkanes) is 1. The van der Waals surface area contributed by atoms with Crippen molar-refractivity contribution in [2.45, 2.75) is 26.7 Å². The van der Waals surface area contributed by atoms with Crippen LogP contribution in [0.25, 0.3) is 0 Å². The summed E-state index contributed by atoms with van der Waals surface area (Å²) < 4.78 is 10.7. The Hall–Kier alpha value is -1.75. The number of carbonyl (C=O) groups is 1. The van der Waals surface area contributed by atoms with Crippen molar-refractivity contribution in [3.63, 3.8) is 0 Å². The number of carbonyl (C=O) groups excluding carboxylic acids is 1. The van der Waals surface area contributed by atoms with Crippen molar-refractivity contribution in [3.8, 4) is 0 Å². The summed E-state index contributed by atoms with van der Waals surface area (Å²) in [4.78, 5) is 16.1. The van der Waals surface area contributed by atoms with Gasteiger partial charge in [0.25, 0.3) is 0 Å². The summed E-state index contributed by atoms with van der Waals surface area (Å²) in [5.41, 5.74) is 2.04. The molecule has 0 spiro atoms. The van der Waals surface area contributed by atoms with Crippen LogP contribution in [0, 0.1) is 0 Å². The molecular weight excluding hydrogens is 280 g/mol. The molecule has 1 aliphatic rings. The monoisotopic (exact) mass is 306 g/mol. The molecule has 1 aromatic rings. The van der Waals surface area contributed by atoms with Gasteiger partial charge in [-0.15, -0.1) is 0 Å². The van der Waals surface area contributed by atoms with Gasteiger partial charge >= 0.3 is 6.09 Å². The first-order chi connectivity index (χ1) is 10.8. The maximum absolute atomic E-state index is 12.1. The van der Waals surface area contributed by atoms with Crippen LogP contribution in [-0.2, 0) is 9.47 Å². The Balaban J connectivity index is 1.98. The number of nitrogens with zero attached hydrogens (tertiary/aromatic N) is 2. The first-order valence-corrected chi connectivity index (χ1v) is 8.13. The normalized spacial score (nSPS) is 14.7. The van der Waals surface area contributed by atoms with E-state index in [1.807, 2.05) is 19.1 Å². The molecule has 1 fully saturated rings. The predicted octanol–water partition coefficient (Wildman–Crippen LogP) is 3.29. The molecule has 0 aliphatic carbocycles. The Morgan fingerprint density at radius 1 is 1.23 bits per heavy atom. The van der Waals surface area contributed by atoms with Crippen LogP contribution in [-0.4, -0.2) is 45.5 Å². The molecule has 0 N–H and O–H groups in total. The van der Waals surface area contributed by atoms with Gasteiger partial charge in [0.15, 0.2) is 0 Å². The zero-order valence-electron chi connectivity index (χ0n) is 13.6. The van der Waals surface area contributed by atoms with Crippen LogP contribution < -0.4 is 9.80 Å². The summed E-state index contributed by atoms with van der Waals surface area (Å²) in [7, 11) is 0. The fourth-order valence-corrected chi connectivity index (χ4v) is 2.46. The minimum absolute atomic E-state index is 0.268. The number of rotatable bonds is 6. The molecule has 0 unspecified atom stereocenters. The van der Waals surface area contributed by atoms with Crippen LogP contribution in [0.2, 0.25) is 0 Å². The molecule has 1 aliphatic heterocycles. The smallest absolute Gasteiger partial charge is 0.414 e. The maximum Gasteiger partial charge on any atom is 0.414 e. The summed E-state index contributed by atoms with van der Waals surface area (Å²) in [5, 5.41) is 0. The van der Waals surface area contributed by atoms with Crippen molar-refractivity contribution >= 4 is 17.5 Å². The molecule has 1 amide bonds. The number of hydrogen-bond acceptors (Lipinski definition) is 4. The van der Waals surface area contributed by atoms with Gasteiger partial charge in [-0.2, -0.15) is 0 Å². The molecule has 0 bridgehead atoms. The van der Waals surface area contributed by atoms with E-state index in [9.17, 15) is 4.79 Å². The van der Waals surface area contributed by atoms with E-state index in [1.165, 1.54) is 5.69 Å². The van der Waals surface area contributed by atoms with Crippen LogP contribution in [0.5, 0.6) is 0 Å². The maximum atomic E-state index is 12.1. The first kappa shape index (κ1) is 16.6. The van der Waals surface area contributed by atoms with Gasteiger partial charge in [0.1, 0.15) is 0 Å². The minimum Gasteiger partial charge on any atom is -0.449 e. The van der Waals surface area contributed by atoms with Gasteiger partial charge in [0, 0.05) is 31.0 Å². The second-order valence-corrected chi connectivity index (χ2v) is 5.33. The molecule has 1 heterocycles. The van der Waals surface area contributed by atoms with E-state index < -0.39 is 0 Å². The third-order valence-corrected chi connectivity index (χ3v) is 3.80. The van der Waals surface area contributed by atoms with Gasteiger partial charge in [0.05, 0.1) is 19.8 Å². The average molecular weight is 306 g/mol. The van der Waals surface area contributed by atoms with E-state index in [0.717, 1.165) is 44.8 Å². The molecule has 5 heteroatoms. The third-order valence-electron chi connectivity index (χ3n) is 3.80. The van der Waals surface area contributed by atoms with Gasteiger partial charge in [0.2, 0.25) is 0 Å². The molecule has 5 nitrogen and oxygen atoms in total. The van der Waals surface area contributed by atoms with Crippen molar-refractivity contribution in [2.75, 3.05) is 49.3 Å². The lowest BCUT2D eigenvalue weighted by Crippen LogP contribution is -2.36. The predicted molar refractivity (Wildman–Crippen MR) is 88.8 cm³/mol. The summed E-state index contributed by atoms with van der Waals surface area (Å²) in [6.45, 7) is 8.48. The van der Waals surface area contributed by atoms with E-state index in [4.69, 9.17) is 9.47 Å². The van der Waals surface area contributed by atoms with Crippen LogP contribution in [0.1, 0.15) is 26.7 Å². The lowest BCUT2D eigenvalue weighted by molar-refractivity contribution is 0.122.